The van der Waals surface area contributed by atoms with Gasteiger partial charge in [0.05, 0.1) is 12.6 Å². The van der Waals surface area contributed by atoms with Crippen LogP contribution < -0.4 is 16.8 Å². The highest BCUT2D eigenvalue weighted by Gasteiger charge is 2.17. The van der Waals surface area contributed by atoms with E-state index in [1.807, 2.05) is 0 Å². The monoisotopic (exact) mass is 398 g/mol. The fraction of sp³-hybridized carbons (Fsp3) is 0.538. The van der Waals surface area contributed by atoms with Gasteiger partial charge in [0.15, 0.2) is 0 Å². The Kier molecular flexibility index (Phi) is 11.0. The van der Waals surface area contributed by atoms with Gasteiger partial charge in [0.1, 0.15) is 12.6 Å². The first kappa shape index (κ1) is 23.6. The SMILES string of the molecule is CC(C)C([NH3+])CC[C@H]([NH3+])C[NH2+]CC(CCc1ccccc1)CCc1ccccc1. The van der Waals surface area contributed by atoms with E-state index in [1.165, 1.54) is 56.2 Å². The largest absolute Gasteiger partial charge is 0.355 e. The molecule has 3 heteroatoms. The molecule has 8 N–H and O–H groups in total. The number of nitrogens with two attached hydrogens (primary N) is 1. The van der Waals surface area contributed by atoms with Crippen LogP contribution in [0.25, 0.3) is 0 Å². The van der Waals surface area contributed by atoms with Crippen LogP contribution in [0.3, 0.4) is 0 Å². The second kappa shape index (κ2) is 13.5. The number of hydrogen-bond acceptors (Lipinski definition) is 0. The molecule has 0 bridgehead atoms. The van der Waals surface area contributed by atoms with Gasteiger partial charge in [0, 0.05) is 24.7 Å². The summed E-state index contributed by atoms with van der Waals surface area (Å²) < 4.78 is 0. The van der Waals surface area contributed by atoms with Gasteiger partial charge >= 0.3 is 0 Å². The molecule has 0 amide bonds. The summed E-state index contributed by atoms with van der Waals surface area (Å²) in [5.74, 6) is 1.42. The summed E-state index contributed by atoms with van der Waals surface area (Å²) in [6.07, 6.45) is 7.29. The molecule has 1 unspecified atom stereocenters. The van der Waals surface area contributed by atoms with E-state index in [9.17, 15) is 0 Å². The molecule has 0 heterocycles. The minimum absolute atomic E-state index is 0.530. The third-order valence-corrected chi connectivity index (χ3v) is 6.26. The third-order valence-electron chi connectivity index (χ3n) is 6.26. The van der Waals surface area contributed by atoms with Gasteiger partial charge < -0.3 is 16.8 Å². The molecule has 0 fully saturated rings. The molecule has 3 nitrogen and oxygen atoms in total. The minimum atomic E-state index is 0.530. The Balaban J connectivity index is 1.77. The van der Waals surface area contributed by atoms with Crippen LogP contribution in [0.4, 0.5) is 0 Å². The first-order valence-corrected chi connectivity index (χ1v) is 11.6. The summed E-state index contributed by atoms with van der Waals surface area (Å²) >= 11 is 0. The average molecular weight is 399 g/mol. The lowest BCUT2D eigenvalue weighted by molar-refractivity contribution is -0.686. The molecule has 0 spiro atoms. The van der Waals surface area contributed by atoms with Gasteiger partial charge in [-0.15, -0.1) is 0 Å². The van der Waals surface area contributed by atoms with Crippen molar-refractivity contribution in [1.29, 1.82) is 0 Å². The van der Waals surface area contributed by atoms with Crippen molar-refractivity contribution in [3.63, 3.8) is 0 Å². The molecule has 0 aliphatic heterocycles. The van der Waals surface area contributed by atoms with E-state index in [-0.39, 0.29) is 0 Å². The van der Waals surface area contributed by atoms with Crippen LogP contribution in [-0.2, 0) is 12.8 Å². The molecule has 0 aliphatic carbocycles. The van der Waals surface area contributed by atoms with Gasteiger partial charge in [0.25, 0.3) is 0 Å². The smallest absolute Gasteiger partial charge is 0.134 e. The van der Waals surface area contributed by atoms with Crippen LogP contribution >= 0.6 is 0 Å². The molecule has 0 saturated heterocycles. The lowest BCUT2D eigenvalue weighted by atomic mass is 9.93. The Labute approximate surface area is 178 Å². The van der Waals surface area contributed by atoms with Crippen molar-refractivity contribution in [2.24, 2.45) is 11.8 Å². The predicted octanol–water partition coefficient (Wildman–Crippen LogP) is 2.09. The average Bonchev–Trinajstić information content (AvgIpc) is 2.74. The van der Waals surface area contributed by atoms with E-state index >= 15 is 0 Å². The maximum absolute atomic E-state index is 4.39. The maximum atomic E-state index is 4.39. The van der Waals surface area contributed by atoms with Crippen molar-refractivity contribution in [3.05, 3.63) is 71.8 Å². The van der Waals surface area contributed by atoms with Crippen LogP contribution in [0.15, 0.2) is 60.7 Å². The molecule has 0 saturated carbocycles. The Bertz CT molecular complexity index is 598. The van der Waals surface area contributed by atoms with Gasteiger partial charge in [-0.2, -0.15) is 0 Å². The maximum Gasteiger partial charge on any atom is 0.134 e. The minimum Gasteiger partial charge on any atom is -0.355 e. The van der Waals surface area contributed by atoms with Crippen molar-refractivity contribution in [2.45, 2.75) is 64.5 Å². The zero-order chi connectivity index (χ0) is 20.9. The normalized spacial score (nSPS) is 13.7. The van der Waals surface area contributed by atoms with E-state index in [2.05, 4.69) is 91.3 Å². The highest BCUT2D eigenvalue weighted by Crippen LogP contribution is 2.15. The van der Waals surface area contributed by atoms with Gasteiger partial charge in [-0.1, -0.05) is 74.5 Å². The molecule has 2 aromatic carbocycles. The summed E-state index contributed by atoms with van der Waals surface area (Å²) in [7, 11) is 0. The number of benzene rings is 2. The van der Waals surface area contributed by atoms with Crippen LogP contribution in [-0.4, -0.2) is 25.2 Å². The van der Waals surface area contributed by atoms with Crippen molar-refractivity contribution >= 4 is 0 Å². The first-order chi connectivity index (χ1) is 14.0. The quantitative estimate of drug-likeness (QED) is 0.436. The van der Waals surface area contributed by atoms with Crippen LogP contribution in [0.5, 0.6) is 0 Å². The molecular weight excluding hydrogens is 354 g/mol. The lowest BCUT2D eigenvalue weighted by Crippen LogP contribution is -2.91. The van der Waals surface area contributed by atoms with Crippen molar-refractivity contribution in [1.82, 2.24) is 0 Å². The number of quaternary nitrogens is 3. The van der Waals surface area contributed by atoms with Crippen molar-refractivity contribution in [2.75, 3.05) is 13.1 Å². The summed E-state index contributed by atoms with van der Waals surface area (Å²) in [6, 6.07) is 22.9. The van der Waals surface area contributed by atoms with Crippen LogP contribution in [0, 0.1) is 11.8 Å². The number of aryl methyl sites for hydroxylation is 2. The van der Waals surface area contributed by atoms with Gasteiger partial charge in [-0.25, -0.2) is 0 Å². The number of hydrogen-bond donors (Lipinski definition) is 3. The van der Waals surface area contributed by atoms with E-state index < -0.39 is 0 Å². The fourth-order valence-corrected chi connectivity index (χ4v) is 3.88. The first-order valence-electron chi connectivity index (χ1n) is 11.6. The molecule has 2 rings (SSSR count). The fourth-order valence-electron chi connectivity index (χ4n) is 3.88. The summed E-state index contributed by atoms with van der Waals surface area (Å²) in [5, 5.41) is 2.52. The summed E-state index contributed by atoms with van der Waals surface area (Å²) in [4.78, 5) is 0. The molecule has 0 radical (unpaired) electrons. The van der Waals surface area contributed by atoms with E-state index in [1.54, 1.807) is 0 Å². The summed E-state index contributed by atoms with van der Waals surface area (Å²) in [5.41, 5.74) is 11.6. The van der Waals surface area contributed by atoms with Crippen LogP contribution in [0.1, 0.15) is 50.7 Å². The molecule has 29 heavy (non-hydrogen) atoms. The number of rotatable bonds is 14. The lowest BCUT2D eigenvalue weighted by Gasteiger charge is -2.17. The standard InChI is InChI=1S/C26H41N3/c1-21(2)26(28)18-17-25(27)20-29-19-24(15-13-22-9-5-3-6-10-22)16-14-23-11-7-4-8-12-23/h3-12,21,24-26,29H,13-20,27-28H2,1-2H3/p+3/t25-,26?/m0/s1. The topological polar surface area (TPSA) is 71.9 Å². The van der Waals surface area contributed by atoms with Crippen molar-refractivity contribution < 1.29 is 16.8 Å². The van der Waals surface area contributed by atoms with Crippen LogP contribution in [0.2, 0.25) is 0 Å². The Morgan fingerprint density at radius 2 is 1.21 bits per heavy atom. The molecule has 0 aromatic heterocycles. The molecular formula is C26H44N3+3. The van der Waals surface area contributed by atoms with Gasteiger partial charge in [0.2, 0.25) is 0 Å². The second-order valence-electron chi connectivity index (χ2n) is 9.12. The zero-order valence-electron chi connectivity index (χ0n) is 18.7. The van der Waals surface area contributed by atoms with Crippen molar-refractivity contribution in [3.8, 4) is 0 Å². The molecule has 0 aliphatic rings. The van der Waals surface area contributed by atoms with E-state index in [0.717, 1.165) is 12.5 Å². The Hall–Kier alpha value is -1.68. The van der Waals surface area contributed by atoms with E-state index in [4.69, 9.17) is 0 Å². The van der Waals surface area contributed by atoms with E-state index in [0.29, 0.717) is 18.0 Å². The van der Waals surface area contributed by atoms with Gasteiger partial charge in [-0.05, 0) is 36.8 Å². The summed E-state index contributed by atoms with van der Waals surface area (Å²) in [6.45, 7) is 6.89. The zero-order valence-corrected chi connectivity index (χ0v) is 18.7. The predicted molar refractivity (Wildman–Crippen MR) is 122 cm³/mol. The van der Waals surface area contributed by atoms with Gasteiger partial charge in [-0.3, -0.25) is 0 Å². The molecule has 160 valence electrons. The Morgan fingerprint density at radius 1 is 0.690 bits per heavy atom. The highest BCUT2D eigenvalue weighted by molar-refractivity contribution is 5.15. The Morgan fingerprint density at radius 3 is 1.69 bits per heavy atom. The third kappa shape index (κ3) is 10.1. The molecule has 2 aromatic rings. The highest BCUT2D eigenvalue weighted by atomic mass is 14.9. The molecule has 2 atom stereocenters. The second-order valence-corrected chi connectivity index (χ2v) is 9.12.